The van der Waals surface area contributed by atoms with E-state index in [2.05, 4.69) is 10.3 Å². The maximum atomic E-state index is 11.7. The van der Waals surface area contributed by atoms with Crippen LogP contribution < -0.4 is 5.32 Å². The van der Waals surface area contributed by atoms with Crippen LogP contribution in [-0.2, 0) is 4.74 Å². The number of ether oxygens (including phenoxy) is 1. The van der Waals surface area contributed by atoms with Gasteiger partial charge in [-0.1, -0.05) is 18.2 Å². The Labute approximate surface area is 106 Å². The summed E-state index contributed by atoms with van der Waals surface area (Å²) in [6, 6.07) is 11.1. The maximum Gasteiger partial charge on any atom is 0.338 e. The summed E-state index contributed by atoms with van der Waals surface area (Å²) < 4.78 is 4.78. The number of benzene rings is 1. The molecule has 18 heavy (non-hydrogen) atoms. The Morgan fingerprint density at radius 2 is 2.06 bits per heavy atom. The van der Waals surface area contributed by atoms with Gasteiger partial charge < -0.3 is 10.1 Å². The predicted octanol–water partition coefficient (Wildman–Crippen LogP) is 2.58. The van der Waals surface area contributed by atoms with Crippen molar-refractivity contribution in [2.45, 2.75) is 0 Å². The maximum absolute atomic E-state index is 11.7. The van der Waals surface area contributed by atoms with Crippen LogP contribution in [0.15, 0.2) is 42.6 Å². The highest BCUT2D eigenvalue weighted by atomic mass is 16.5. The molecule has 1 heterocycles. The molecule has 1 aromatic carbocycles. The summed E-state index contributed by atoms with van der Waals surface area (Å²) in [5.41, 5.74) is 2.31. The van der Waals surface area contributed by atoms with E-state index in [0.29, 0.717) is 5.56 Å². The summed E-state index contributed by atoms with van der Waals surface area (Å²) in [6.07, 6.45) is 1.70. The topological polar surface area (TPSA) is 51.2 Å². The van der Waals surface area contributed by atoms with E-state index >= 15 is 0 Å². The molecule has 0 atom stereocenters. The summed E-state index contributed by atoms with van der Waals surface area (Å²) in [6.45, 7) is 0. The summed E-state index contributed by atoms with van der Waals surface area (Å²) in [5.74, 6) is 0.417. The lowest BCUT2D eigenvalue weighted by atomic mass is 10.0. The molecule has 0 saturated carbocycles. The van der Waals surface area contributed by atoms with Gasteiger partial charge in [0.15, 0.2) is 0 Å². The average Bonchev–Trinajstić information content (AvgIpc) is 2.46. The summed E-state index contributed by atoms with van der Waals surface area (Å²) in [5, 5.41) is 2.97. The Balaban J connectivity index is 2.53. The van der Waals surface area contributed by atoms with Crippen LogP contribution in [0, 0.1) is 0 Å². The second kappa shape index (κ2) is 5.31. The van der Waals surface area contributed by atoms with E-state index in [-0.39, 0.29) is 5.97 Å². The molecular formula is C14H14N2O2. The van der Waals surface area contributed by atoms with Crippen LogP contribution in [0.3, 0.4) is 0 Å². The number of anilines is 1. The van der Waals surface area contributed by atoms with Gasteiger partial charge in [-0.05, 0) is 29.3 Å². The van der Waals surface area contributed by atoms with E-state index in [1.165, 1.54) is 7.11 Å². The van der Waals surface area contributed by atoms with Gasteiger partial charge in [0.25, 0.3) is 0 Å². The summed E-state index contributed by atoms with van der Waals surface area (Å²) in [7, 11) is 3.18. The van der Waals surface area contributed by atoms with E-state index < -0.39 is 0 Å². The molecule has 0 saturated heterocycles. The lowest BCUT2D eigenvalue weighted by Crippen LogP contribution is -2.03. The van der Waals surface area contributed by atoms with Gasteiger partial charge in [-0.25, -0.2) is 9.78 Å². The number of pyridine rings is 1. The molecule has 2 rings (SSSR count). The normalized spacial score (nSPS) is 9.89. The molecule has 0 amide bonds. The molecule has 0 radical (unpaired) electrons. The molecule has 0 fully saturated rings. The van der Waals surface area contributed by atoms with Gasteiger partial charge in [0.2, 0.25) is 0 Å². The van der Waals surface area contributed by atoms with Crippen molar-refractivity contribution in [1.29, 1.82) is 0 Å². The molecule has 0 bridgehead atoms. The quantitative estimate of drug-likeness (QED) is 0.840. The number of aromatic nitrogens is 1. The highest BCUT2D eigenvalue weighted by Gasteiger charge is 2.12. The number of carbonyl (C=O) groups is 1. The zero-order valence-corrected chi connectivity index (χ0v) is 10.3. The standard InChI is InChI=1S/C14H14N2O2/c1-15-13-9-10(7-8-16-13)11-5-3-4-6-12(11)14(17)18-2/h3-9H,1-2H3,(H,15,16). The van der Waals surface area contributed by atoms with E-state index in [1.807, 2.05) is 30.3 Å². The van der Waals surface area contributed by atoms with Crippen LogP contribution in [0.2, 0.25) is 0 Å². The third-order valence-corrected chi connectivity index (χ3v) is 2.66. The van der Waals surface area contributed by atoms with E-state index in [0.717, 1.165) is 16.9 Å². The van der Waals surface area contributed by atoms with Crippen molar-refractivity contribution in [2.75, 3.05) is 19.5 Å². The Morgan fingerprint density at radius 1 is 1.28 bits per heavy atom. The molecule has 0 aliphatic rings. The second-order valence-electron chi connectivity index (χ2n) is 3.72. The molecule has 0 spiro atoms. The minimum atomic E-state index is -0.339. The summed E-state index contributed by atoms with van der Waals surface area (Å²) >= 11 is 0. The van der Waals surface area contributed by atoms with Crippen molar-refractivity contribution in [3.8, 4) is 11.1 Å². The van der Waals surface area contributed by atoms with Crippen molar-refractivity contribution >= 4 is 11.8 Å². The number of esters is 1. The molecule has 4 nitrogen and oxygen atoms in total. The number of rotatable bonds is 3. The molecular weight excluding hydrogens is 228 g/mol. The first kappa shape index (κ1) is 12.1. The first-order valence-corrected chi connectivity index (χ1v) is 5.58. The van der Waals surface area contributed by atoms with Crippen LogP contribution >= 0.6 is 0 Å². The molecule has 92 valence electrons. The predicted molar refractivity (Wildman–Crippen MR) is 70.6 cm³/mol. The third kappa shape index (κ3) is 2.32. The minimum absolute atomic E-state index is 0.339. The fraction of sp³-hybridized carbons (Fsp3) is 0.143. The molecule has 0 unspecified atom stereocenters. The Morgan fingerprint density at radius 3 is 2.78 bits per heavy atom. The first-order valence-electron chi connectivity index (χ1n) is 5.58. The van der Waals surface area contributed by atoms with Gasteiger partial charge in [0.05, 0.1) is 12.7 Å². The van der Waals surface area contributed by atoms with Gasteiger partial charge in [-0.2, -0.15) is 0 Å². The van der Waals surface area contributed by atoms with Crippen molar-refractivity contribution in [1.82, 2.24) is 4.98 Å². The van der Waals surface area contributed by atoms with E-state index in [4.69, 9.17) is 4.74 Å². The van der Waals surface area contributed by atoms with Crippen LogP contribution in [0.5, 0.6) is 0 Å². The molecule has 0 aliphatic heterocycles. The first-order chi connectivity index (χ1) is 8.76. The Kier molecular flexibility index (Phi) is 3.57. The van der Waals surface area contributed by atoms with Gasteiger partial charge in [-0.15, -0.1) is 0 Å². The largest absolute Gasteiger partial charge is 0.465 e. The van der Waals surface area contributed by atoms with Crippen molar-refractivity contribution in [2.24, 2.45) is 0 Å². The van der Waals surface area contributed by atoms with Gasteiger partial charge >= 0.3 is 5.97 Å². The summed E-state index contributed by atoms with van der Waals surface area (Å²) in [4.78, 5) is 15.9. The fourth-order valence-corrected chi connectivity index (χ4v) is 1.76. The van der Waals surface area contributed by atoms with Crippen LogP contribution in [-0.4, -0.2) is 25.1 Å². The molecule has 1 N–H and O–H groups in total. The van der Waals surface area contributed by atoms with Crippen molar-refractivity contribution < 1.29 is 9.53 Å². The van der Waals surface area contributed by atoms with Gasteiger partial charge in [0.1, 0.15) is 5.82 Å². The van der Waals surface area contributed by atoms with E-state index in [1.54, 1.807) is 19.3 Å². The van der Waals surface area contributed by atoms with Gasteiger partial charge in [0, 0.05) is 13.2 Å². The van der Waals surface area contributed by atoms with Crippen LogP contribution in [0.25, 0.3) is 11.1 Å². The smallest absolute Gasteiger partial charge is 0.338 e. The Bertz CT molecular complexity index is 567. The zero-order valence-electron chi connectivity index (χ0n) is 10.3. The lowest BCUT2D eigenvalue weighted by molar-refractivity contribution is 0.0601. The fourth-order valence-electron chi connectivity index (χ4n) is 1.76. The second-order valence-corrected chi connectivity index (χ2v) is 3.72. The van der Waals surface area contributed by atoms with Gasteiger partial charge in [-0.3, -0.25) is 0 Å². The highest BCUT2D eigenvalue weighted by Crippen LogP contribution is 2.25. The number of carbonyl (C=O) groups excluding carboxylic acids is 1. The van der Waals surface area contributed by atoms with Crippen LogP contribution in [0.4, 0.5) is 5.82 Å². The minimum Gasteiger partial charge on any atom is -0.465 e. The SMILES string of the molecule is CNc1cc(-c2ccccc2C(=O)OC)ccn1. The van der Waals surface area contributed by atoms with Crippen LogP contribution in [0.1, 0.15) is 10.4 Å². The molecule has 0 aliphatic carbocycles. The number of nitrogens with one attached hydrogen (secondary N) is 1. The lowest BCUT2D eigenvalue weighted by Gasteiger charge is -2.08. The molecule has 4 heteroatoms. The highest BCUT2D eigenvalue weighted by molar-refractivity contribution is 5.97. The number of nitrogens with zero attached hydrogens (tertiary/aromatic N) is 1. The number of methoxy groups -OCH3 is 1. The van der Waals surface area contributed by atoms with E-state index in [9.17, 15) is 4.79 Å². The monoisotopic (exact) mass is 242 g/mol. The average molecular weight is 242 g/mol. The third-order valence-electron chi connectivity index (χ3n) is 2.66. The Hall–Kier alpha value is -2.36. The molecule has 1 aromatic heterocycles. The van der Waals surface area contributed by atoms with Crippen molar-refractivity contribution in [3.63, 3.8) is 0 Å². The number of hydrogen-bond acceptors (Lipinski definition) is 4. The van der Waals surface area contributed by atoms with Crippen molar-refractivity contribution in [3.05, 3.63) is 48.2 Å². The molecule has 2 aromatic rings. The zero-order chi connectivity index (χ0) is 13.0. The number of hydrogen-bond donors (Lipinski definition) is 1.